The summed E-state index contributed by atoms with van der Waals surface area (Å²) in [6.07, 6.45) is 4.24. The molecule has 12 heavy (non-hydrogen) atoms. The molecule has 0 heterocycles. The molecule has 0 aliphatic rings. The Kier molecular flexibility index (Phi) is 31.6. The van der Waals surface area contributed by atoms with Crippen molar-refractivity contribution in [1.82, 2.24) is 0 Å². The lowest BCUT2D eigenvalue weighted by Crippen LogP contribution is -1.62. The minimum absolute atomic E-state index is 0. The lowest BCUT2D eigenvalue weighted by Gasteiger charge is -1.84. The fourth-order valence-corrected chi connectivity index (χ4v) is 0.333. The third-order valence-electron chi connectivity index (χ3n) is 0.750. The average Bonchev–Trinajstić information content (AvgIpc) is 1.89. The van der Waals surface area contributed by atoms with Crippen molar-refractivity contribution in [2.75, 3.05) is 0 Å². The zero-order valence-corrected chi connectivity index (χ0v) is 8.15. The first-order valence-corrected chi connectivity index (χ1v) is 3.91. The van der Waals surface area contributed by atoms with Crippen LogP contribution in [0.1, 0.15) is 56.4 Å². The summed E-state index contributed by atoms with van der Waals surface area (Å²) in [6, 6.07) is 0. The second-order valence-electron chi connectivity index (χ2n) is 2.49. The SMILES string of the molecule is C.C.CC.CC(C)=CC=C(C)C. The van der Waals surface area contributed by atoms with Crippen LogP contribution in [0.25, 0.3) is 0 Å². The Hall–Kier alpha value is -0.520. The van der Waals surface area contributed by atoms with E-state index in [0.29, 0.717) is 0 Å². The van der Waals surface area contributed by atoms with Crippen LogP contribution in [0.4, 0.5) is 0 Å². The van der Waals surface area contributed by atoms with Crippen LogP contribution in [-0.4, -0.2) is 0 Å². The third-order valence-corrected chi connectivity index (χ3v) is 0.750. The van der Waals surface area contributed by atoms with Crippen LogP contribution < -0.4 is 0 Å². The molecular weight excluding hydrogens is 144 g/mol. The summed E-state index contributed by atoms with van der Waals surface area (Å²) in [5.74, 6) is 0. The van der Waals surface area contributed by atoms with Crippen molar-refractivity contribution < 1.29 is 0 Å². The topological polar surface area (TPSA) is 0 Å². The van der Waals surface area contributed by atoms with Gasteiger partial charge in [0.2, 0.25) is 0 Å². The van der Waals surface area contributed by atoms with Gasteiger partial charge in [-0.2, -0.15) is 0 Å². The van der Waals surface area contributed by atoms with Crippen molar-refractivity contribution >= 4 is 0 Å². The number of allylic oxidation sites excluding steroid dienone is 4. The summed E-state index contributed by atoms with van der Waals surface area (Å²) in [5.41, 5.74) is 2.71. The van der Waals surface area contributed by atoms with Gasteiger partial charge in [-0.1, -0.05) is 52.0 Å². The Bertz CT molecular complexity index is 92.0. The quantitative estimate of drug-likeness (QED) is 0.476. The average molecular weight is 172 g/mol. The molecule has 0 aliphatic heterocycles. The van der Waals surface area contributed by atoms with Crippen LogP contribution in [0.5, 0.6) is 0 Å². The second-order valence-corrected chi connectivity index (χ2v) is 2.49. The van der Waals surface area contributed by atoms with Crippen LogP contribution >= 0.6 is 0 Å². The molecule has 0 atom stereocenters. The van der Waals surface area contributed by atoms with Gasteiger partial charge < -0.3 is 0 Å². The normalized spacial score (nSPS) is 5.83. The molecule has 0 aromatic carbocycles. The van der Waals surface area contributed by atoms with E-state index in [1.54, 1.807) is 0 Å². The molecule has 0 radical (unpaired) electrons. The molecule has 0 N–H and O–H groups in total. The number of rotatable bonds is 1. The smallest absolute Gasteiger partial charge is 0.0439 e. The van der Waals surface area contributed by atoms with Crippen LogP contribution in [-0.2, 0) is 0 Å². The highest BCUT2D eigenvalue weighted by atomic mass is 13.8. The van der Waals surface area contributed by atoms with E-state index in [9.17, 15) is 0 Å². The Morgan fingerprint density at radius 3 is 0.917 bits per heavy atom. The zero-order chi connectivity index (χ0) is 8.57. The van der Waals surface area contributed by atoms with Crippen molar-refractivity contribution in [3.05, 3.63) is 23.3 Å². The minimum atomic E-state index is 0. The van der Waals surface area contributed by atoms with E-state index in [0.717, 1.165) is 0 Å². The fourth-order valence-electron chi connectivity index (χ4n) is 0.333. The van der Waals surface area contributed by atoms with Gasteiger partial charge in [-0.25, -0.2) is 0 Å². The van der Waals surface area contributed by atoms with Gasteiger partial charge in [-0.15, -0.1) is 0 Å². The molecule has 0 aromatic rings. The van der Waals surface area contributed by atoms with E-state index in [1.165, 1.54) is 11.1 Å². The van der Waals surface area contributed by atoms with Gasteiger partial charge in [0, 0.05) is 0 Å². The maximum atomic E-state index is 2.12. The molecule has 0 aromatic heterocycles. The fraction of sp³-hybridized carbons (Fsp3) is 0.667. The molecule has 0 fully saturated rings. The summed E-state index contributed by atoms with van der Waals surface area (Å²) in [6.45, 7) is 12.4. The maximum absolute atomic E-state index is 2.12. The van der Waals surface area contributed by atoms with Crippen molar-refractivity contribution in [1.29, 1.82) is 0 Å². The van der Waals surface area contributed by atoms with Gasteiger partial charge in [0.15, 0.2) is 0 Å². The molecule has 0 spiro atoms. The second kappa shape index (κ2) is 16.8. The van der Waals surface area contributed by atoms with Crippen molar-refractivity contribution in [3.8, 4) is 0 Å². The highest BCUT2D eigenvalue weighted by Crippen LogP contribution is 1.93. The minimum Gasteiger partial charge on any atom is -0.0776 e. The summed E-state index contributed by atoms with van der Waals surface area (Å²) in [4.78, 5) is 0. The van der Waals surface area contributed by atoms with Crippen molar-refractivity contribution in [3.63, 3.8) is 0 Å². The predicted octanol–water partition coefficient (Wildman–Crippen LogP) is 5.22. The monoisotopic (exact) mass is 172 g/mol. The summed E-state index contributed by atoms with van der Waals surface area (Å²) < 4.78 is 0. The Morgan fingerprint density at radius 1 is 0.667 bits per heavy atom. The van der Waals surface area contributed by atoms with E-state index < -0.39 is 0 Å². The van der Waals surface area contributed by atoms with E-state index in [-0.39, 0.29) is 14.9 Å². The summed E-state index contributed by atoms with van der Waals surface area (Å²) >= 11 is 0. The molecule has 0 heteroatoms. The van der Waals surface area contributed by atoms with Crippen molar-refractivity contribution in [2.24, 2.45) is 0 Å². The Balaban J connectivity index is -0.0000000740. The van der Waals surface area contributed by atoms with Gasteiger partial charge in [0.1, 0.15) is 0 Å². The first-order valence-electron chi connectivity index (χ1n) is 3.91. The number of hydrogen-bond donors (Lipinski definition) is 0. The van der Waals surface area contributed by atoms with Crippen LogP contribution in [0, 0.1) is 0 Å². The van der Waals surface area contributed by atoms with Gasteiger partial charge in [0.25, 0.3) is 0 Å². The van der Waals surface area contributed by atoms with Crippen LogP contribution in [0.15, 0.2) is 23.3 Å². The highest BCUT2D eigenvalue weighted by molar-refractivity contribution is 5.12. The molecule has 0 saturated heterocycles. The molecule has 0 nitrogen and oxygen atoms in total. The summed E-state index contributed by atoms with van der Waals surface area (Å²) in [5, 5.41) is 0. The predicted molar refractivity (Wildman–Crippen MR) is 63.7 cm³/mol. The Labute approximate surface area is 80.4 Å². The molecule has 76 valence electrons. The first-order chi connectivity index (χ1) is 4.63. The molecule has 0 bridgehead atoms. The van der Waals surface area contributed by atoms with Crippen LogP contribution in [0.3, 0.4) is 0 Å². The molecule has 0 aliphatic carbocycles. The van der Waals surface area contributed by atoms with Gasteiger partial charge >= 0.3 is 0 Å². The van der Waals surface area contributed by atoms with E-state index >= 15 is 0 Å². The molecule has 0 rings (SSSR count). The van der Waals surface area contributed by atoms with E-state index in [1.807, 2.05) is 13.8 Å². The van der Waals surface area contributed by atoms with Crippen LogP contribution in [0.2, 0.25) is 0 Å². The lowest BCUT2D eigenvalue weighted by atomic mass is 10.2. The van der Waals surface area contributed by atoms with Crippen molar-refractivity contribution in [2.45, 2.75) is 56.4 Å². The van der Waals surface area contributed by atoms with Gasteiger partial charge in [-0.3, -0.25) is 0 Å². The molecule has 0 amide bonds. The summed E-state index contributed by atoms with van der Waals surface area (Å²) in [7, 11) is 0. The largest absolute Gasteiger partial charge is 0.0776 e. The molecule has 0 saturated carbocycles. The van der Waals surface area contributed by atoms with E-state index in [2.05, 4.69) is 39.8 Å². The lowest BCUT2D eigenvalue weighted by molar-refractivity contribution is 1.35. The zero-order valence-electron chi connectivity index (χ0n) is 8.15. The van der Waals surface area contributed by atoms with E-state index in [4.69, 9.17) is 0 Å². The number of hydrogen-bond acceptors (Lipinski definition) is 0. The van der Waals surface area contributed by atoms with Gasteiger partial charge in [0.05, 0.1) is 0 Å². The first kappa shape index (κ1) is 22.5. The maximum Gasteiger partial charge on any atom is -0.0439 e. The van der Waals surface area contributed by atoms with Gasteiger partial charge in [-0.05, 0) is 27.7 Å². The highest BCUT2D eigenvalue weighted by Gasteiger charge is 1.71. The standard InChI is InChI=1S/C8H14.C2H6.2CH4/c1-7(2)5-6-8(3)4;1-2;;/h5-6H,1-4H3;1-2H3;2*1H4. The Morgan fingerprint density at radius 2 is 0.833 bits per heavy atom. The molecular formula is C12H28. The third kappa shape index (κ3) is 34.0. The molecule has 0 unspecified atom stereocenters.